The largest absolute Gasteiger partial charge is 0.493 e. The molecule has 3 aromatic rings. The van der Waals surface area contributed by atoms with Gasteiger partial charge in [0, 0.05) is 6.54 Å². The first-order valence-electron chi connectivity index (χ1n) is 11.8. The zero-order chi connectivity index (χ0) is 22.3. The van der Waals surface area contributed by atoms with Gasteiger partial charge in [-0.15, -0.1) is 0 Å². The Labute approximate surface area is 191 Å². The molecule has 1 unspecified atom stereocenters. The average molecular weight is 434 g/mol. The summed E-state index contributed by atoms with van der Waals surface area (Å²) in [5.74, 6) is 2.77. The molecule has 1 aliphatic heterocycles. The first-order chi connectivity index (χ1) is 15.7. The number of aromatic nitrogens is 2. The third kappa shape index (κ3) is 4.99. The number of benzene rings is 2. The van der Waals surface area contributed by atoms with Crippen molar-refractivity contribution in [1.82, 2.24) is 14.5 Å². The second kappa shape index (κ2) is 10.7. The van der Waals surface area contributed by atoms with Gasteiger partial charge in [0.05, 0.1) is 30.8 Å². The molecule has 170 valence electrons. The van der Waals surface area contributed by atoms with Gasteiger partial charge in [0.2, 0.25) is 0 Å². The van der Waals surface area contributed by atoms with Crippen molar-refractivity contribution >= 4 is 17.1 Å². The highest BCUT2D eigenvalue weighted by atomic mass is 16.5. The Bertz CT molecular complexity index is 1050. The van der Waals surface area contributed by atoms with Crippen molar-refractivity contribution in [1.29, 1.82) is 0 Å². The fraction of sp³-hybridized carbons (Fsp3) is 0.444. The van der Waals surface area contributed by atoms with E-state index in [0.29, 0.717) is 12.6 Å². The number of ether oxygens (including phenoxy) is 2. The average Bonchev–Trinajstić information content (AvgIpc) is 3.48. The number of rotatable bonds is 10. The van der Waals surface area contributed by atoms with Crippen molar-refractivity contribution in [3.8, 4) is 11.5 Å². The first kappa shape index (κ1) is 22.4. The Balaban J connectivity index is 1.39. The highest BCUT2D eigenvalue weighted by Crippen LogP contribution is 2.30. The van der Waals surface area contributed by atoms with Crippen LogP contribution in [-0.2, 0) is 6.54 Å². The molecule has 1 atom stereocenters. The van der Waals surface area contributed by atoms with Crippen LogP contribution in [0.3, 0.4) is 0 Å². The molecule has 1 saturated heterocycles. The maximum Gasteiger partial charge on any atom is 0.161 e. The van der Waals surface area contributed by atoms with Gasteiger partial charge in [-0.05, 0) is 82.4 Å². The third-order valence-corrected chi connectivity index (χ3v) is 6.33. The van der Waals surface area contributed by atoms with E-state index >= 15 is 0 Å². The van der Waals surface area contributed by atoms with Gasteiger partial charge in [0.25, 0.3) is 0 Å². The minimum atomic E-state index is 0.348. The van der Waals surface area contributed by atoms with E-state index in [4.69, 9.17) is 14.5 Å². The maximum atomic E-state index is 6.04. The molecule has 1 fully saturated rings. The van der Waals surface area contributed by atoms with Crippen molar-refractivity contribution in [3.63, 3.8) is 0 Å². The molecular weight excluding hydrogens is 398 g/mol. The third-order valence-electron chi connectivity index (χ3n) is 6.33. The summed E-state index contributed by atoms with van der Waals surface area (Å²) in [5.41, 5.74) is 3.44. The van der Waals surface area contributed by atoms with E-state index in [1.54, 1.807) is 7.11 Å². The monoisotopic (exact) mass is 433 g/mol. The second-order valence-corrected chi connectivity index (χ2v) is 8.50. The summed E-state index contributed by atoms with van der Waals surface area (Å²) in [6.45, 7) is 8.28. The number of imidazole rings is 1. The summed E-state index contributed by atoms with van der Waals surface area (Å²) in [4.78, 5) is 7.58. The number of unbranched alkanes of at least 4 members (excludes halogenated alkanes) is 1. The SMILES string of the molecule is C/C=C/c1ccc(OCCCCn2c(C(C)N3CCCC3)nc3ccccc32)c(OC)c1. The van der Waals surface area contributed by atoms with Gasteiger partial charge < -0.3 is 14.0 Å². The predicted octanol–water partition coefficient (Wildman–Crippen LogP) is 6.09. The van der Waals surface area contributed by atoms with E-state index in [-0.39, 0.29) is 0 Å². The number of allylic oxidation sites excluding steroid dienone is 1. The van der Waals surface area contributed by atoms with E-state index in [2.05, 4.69) is 52.8 Å². The molecule has 1 aliphatic rings. The highest BCUT2D eigenvalue weighted by molar-refractivity contribution is 5.76. The highest BCUT2D eigenvalue weighted by Gasteiger charge is 2.24. The number of fused-ring (bicyclic) bond motifs is 1. The molecule has 32 heavy (non-hydrogen) atoms. The van der Waals surface area contributed by atoms with Gasteiger partial charge in [0.15, 0.2) is 11.5 Å². The van der Waals surface area contributed by atoms with Gasteiger partial charge in [0.1, 0.15) is 5.82 Å². The van der Waals surface area contributed by atoms with E-state index in [1.807, 2.05) is 25.1 Å². The fourth-order valence-electron chi connectivity index (χ4n) is 4.59. The van der Waals surface area contributed by atoms with Crippen LogP contribution in [0.5, 0.6) is 11.5 Å². The molecule has 5 heteroatoms. The molecule has 2 aromatic carbocycles. The molecule has 0 spiro atoms. The van der Waals surface area contributed by atoms with Crippen LogP contribution in [0.1, 0.15) is 57.0 Å². The first-order valence-corrected chi connectivity index (χ1v) is 11.8. The molecule has 5 nitrogen and oxygen atoms in total. The molecule has 0 radical (unpaired) electrons. The number of aryl methyl sites for hydroxylation is 1. The normalized spacial score (nSPS) is 15.6. The van der Waals surface area contributed by atoms with Crippen molar-refractivity contribution in [3.05, 3.63) is 59.9 Å². The van der Waals surface area contributed by atoms with Crippen LogP contribution in [0.4, 0.5) is 0 Å². The minimum absolute atomic E-state index is 0.348. The van der Waals surface area contributed by atoms with E-state index in [1.165, 1.54) is 37.3 Å². The Hall–Kier alpha value is -2.79. The standard InChI is InChI=1S/C27H35N3O2/c1-4-11-22-14-15-25(26(20-22)31-3)32-19-10-9-18-30-24-13-6-5-12-23(24)28-27(30)21(2)29-16-7-8-17-29/h4-6,11-15,20-21H,7-10,16-19H2,1-3H3/b11-4+. The van der Waals surface area contributed by atoms with Crippen molar-refractivity contribution in [2.75, 3.05) is 26.8 Å². The lowest BCUT2D eigenvalue weighted by Gasteiger charge is -2.24. The minimum Gasteiger partial charge on any atom is -0.493 e. The number of hydrogen-bond acceptors (Lipinski definition) is 4. The van der Waals surface area contributed by atoms with Crippen LogP contribution in [0, 0.1) is 0 Å². The Morgan fingerprint density at radius 3 is 2.66 bits per heavy atom. The van der Waals surface area contributed by atoms with Crippen LogP contribution in [-0.4, -0.2) is 41.3 Å². The maximum absolute atomic E-state index is 6.04. The van der Waals surface area contributed by atoms with E-state index in [0.717, 1.165) is 42.0 Å². The molecule has 0 N–H and O–H groups in total. The van der Waals surface area contributed by atoms with Crippen LogP contribution in [0.25, 0.3) is 17.1 Å². The molecule has 0 aliphatic carbocycles. The smallest absolute Gasteiger partial charge is 0.161 e. The number of nitrogens with zero attached hydrogens (tertiary/aromatic N) is 3. The predicted molar refractivity (Wildman–Crippen MR) is 131 cm³/mol. The van der Waals surface area contributed by atoms with E-state index in [9.17, 15) is 0 Å². The fourth-order valence-corrected chi connectivity index (χ4v) is 4.59. The lowest BCUT2D eigenvalue weighted by Crippen LogP contribution is -2.26. The summed E-state index contributed by atoms with van der Waals surface area (Å²) < 4.78 is 14.0. The lowest BCUT2D eigenvalue weighted by molar-refractivity contribution is 0.246. The Kier molecular flexibility index (Phi) is 7.48. The molecule has 0 bridgehead atoms. The zero-order valence-electron chi connectivity index (χ0n) is 19.6. The van der Waals surface area contributed by atoms with Crippen LogP contribution in [0.2, 0.25) is 0 Å². The topological polar surface area (TPSA) is 39.5 Å². The summed E-state index contributed by atoms with van der Waals surface area (Å²) in [7, 11) is 1.69. The van der Waals surface area contributed by atoms with Gasteiger partial charge in [-0.2, -0.15) is 0 Å². The number of hydrogen-bond donors (Lipinski definition) is 0. The molecule has 0 saturated carbocycles. The summed E-state index contributed by atoms with van der Waals surface area (Å²) in [6, 6.07) is 14.9. The number of para-hydroxylation sites is 2. The summed E-state index contributed by atoms with van der Waals surface area (Å²) >= 11 is 0. The Morgan fingerprint density at radius 2 is 1.88 bits per heavy atom. The zero-order valence-corrected chi connectivity index (χ0v) is 19.6. The van der Waals surface area contributed by atoms with Crippen molar-refractivity contribution < 1.29 is 9.47 Å². The van der Waals surface area contributed by atoms with Crippen molar-refractivity contribution in [2.45, 2.75) is 52.1 Å². The molecular formula is C27H35N3O2. The van der Waals surface area contributed by atoms with Gasteiger partial charge in [-0.25, -0.2) is 4.98 Å². The molecule has 2 heterocycles. The van der Waals surface area contributed by atoms with Gasteiger partial charge in [-0.1, -0.05) is 30.4 Å². The van der Waals surface area contributed by atoms with Crippen LogP contribution < -0.4 is 9.47 Å². The number of likely N-dealkylation sites (tertiary alicyclic amines) is 1. The van der Waals surface area contributed by atoms with Crippen molar-refractivity contribution in [2.24, 2.45) is 0 Å². The molecule has 0 amide bonds. The molecule has 1 aromatic heterocycles. The number of methoxy groups -OCH3 is 1. The van der Waals surface area contributed by atoms with Crippen LogP contribution >= 0.6 is 0 Å². The van der Waals surface area contributed by atoms with Gasteiger partial charge >= 0.3 is 0 Å². The Morgan fingerprint density at radius 1 is 1.06 bits per heavy atom. The summed E-state index contributed by atoms with van der Waals surface area (Å²) in [5, 5.41) is 0. The lowest BCUT2D eigenvalue weighted by atomic mass is 10.2. The summed E-state index contributed by atoms with van der Waals surface area (Å²) in [6.07, 6.45) is 8.68. The van der Waals surface area contributed by atoms with E-state index < -0.39 is 0 Å². The second-order valence-electron chi connectivity index (χ2n) is 8.50. The molecule has 4 rings (SSSR count). The van der Waals surface area contributed by atoms with Crippen LogP contribution in [0.15, 0.2) is 48.5 Å². The van der Waals surface area contributed by atoms with Gasteiger partial charge in [-0.3, -0.25) is 4.90 Å². The quantitative estimate of drug-likeness (QED) is 0.363.